The third-order valence-corrected chi connectivity index (χ3v) is 5.51. The second kappa shape index (κ2) is 5.89. The van der Waals surface area contributed by atoms with Gasteiger partial charge in [0.05, 0.1) is 9.81 Å². The molecule has 1 heterocycles. The van der Waals surface area contributed by atoms with Gasteiger partial charge in [-0.3, -0.25) is 9.59 Å². The molecule has 0 bridgehead atoms. The minimum absolute atomic E-state index is 0.190. The van der Waals surface area contributed by atoms with Gasteiger partial charge in [0.15, 0.2) is 12.1 Å². The first-order valence-electron chi connectivity index (χ1n) is 4.97. The van der Waals surface area contributed by atoms with E-state index in [2.05, 4.69) is 15.9 Å². The Morgan fingerprint density at radius 3 is 2.29 bits per heavy atom. The van der Waals surface area contributed by atoms with Crippen molar-refractivity contribution >= 4 is 51.5 Å². The highest BCUT2D eigenvalue weighted by Crippen LogP contribution is 2.38. The highest BCUT2D eigenvalue weighted by Gasteiger charge is 2.20. The molecule has 2 nitrogen and oxygen atoms in total. The molecule has 0 spiro atoms. The first-order valence-corrected chi connectivity index (χ1v) is 7.74. The molecular weight excluding hydrogens is 320 g/mol. The molecule has 0 N–H and O–H groups in total. The minimum Gasteiger partial charge on any atom is -0.298 e. The fraction of sp³-hybridized carbons (Fsp3) is 0.167. The first kappa shape index (κ1) is 12.9. The van der Waals surface area contributed by atoms with E-state index >= 15 is 0 Å². The van der Waals surface area contributed by atoms with E-state index < -0.39 is 0 Å². The SMILES string of the molecule is O=CC(C(=O)c1ccc(Br)cc1)=C1SCCS1. The Labute approximate surface area is 116 Å². The van der Waals surface area contributed by atoms with Crippen LogP contribution in [0.15, 0.2) is 38.5 Å². The summed E-state index contributed by atoms with van der Waals surface area (Å²) in [5, 5.41) is 0. The summed E-state index contributed by atoms with van der Waals surface area (Å²) in [6.45, 7) is 0. The number of ketones is 1. The normalized spacial score (nSPS) is 14.8. The molecule has 0 radical (unpaired) electrons. The molecule has 0 saturated carbocycles. The molecule has 0 atom stereocenters. The lowest BCUT2D eigenvalue weighted by Gasteiger charge is -2.03. The minimum atomic E-state index is -0.190. The summed E-state index contributed by atoms with van der Waals surface area (Å²) < 4.78 is 1.77. The summed E-state index contributed by atoms with van der Waals surface area (Å²) in [6.07, 6.45) is 0.672. The van der Waals surface area contributed by atoms with Gasteiger partial charge in [-0.05, 0) is 24.3 Å². The number of allylic oxidation sites excluding steroid dienone is 1. The number of thioether (sulfide) groups is 2. The summed E-state index contributed by atoms with van der Waals surface area (Å²) in [7, 11) is 0. The second-order valence-corrected chi connectivity index (χ2v) is 6.74. The zero-order chi connectivity index (χ0) is 12.3. The Morgan fingerprint density at radius 2 is 1.76 bits per heavy atom. The van der Waals surface area contributed by atoms with Gasteiger partial charge in [0, 0.05) is 21.5 Å². The van der Waals surface area contributed by atoms with E-state index in [0.717, 1.165) is 20.2 Å². The molecular formula is C12H9BrO2S2. The van der Waals surface area contributed by atoms with E-state index in [1.54, 1.807) is 47.8 Å². The van der Waals surface area contributed by atoms with E-state index in [1.807, 2.05) is 0 Å². The monoisotopic (exact) mass is 328 g/mol. The Morgan fingerprint density at radius 1 is 1.18 bits per heavy atom. The smallest absolute Gasteiger partial charge is 0.197 e. The van der Waals surface area contributed by atoms with Crippen molar-refractivity contribution in [3.05, 3.63) is 44.1 Å². The molecule has 0 aliphatic carbocycles. The number of Topliss-reactive ketones (excluding diaryl/α,β-unsaturated/α-hetero) is 1. The van der Waals surface area contributed by atoms with Gasteiger partial charge in [0.1, 0.15) is 0 Å². The van der Waals surface area contributed by atoms with Crippen molar-refractivity contribution in [3.63, 3.8) is 0 Å². The van der Waals surface area contributed by atoms with Crippen molar-refractivity contribution in [3.8, 4) is 0 Å². The quantitative estimate of drug-likeness (QED) is 0.279. The number of halogens is 1. The molecule has 1 saturated heterocycles. The number of rotatable bonds is 3. The Hall–Kier alpha value is -0.520. The van der Waals surface area contributed by atoms with Gasteiger partial charge in [-0.25, -0.2) is 0 Å². The van der Waals surface area contributed by atoms with E-state index in [9.17, 15) is 9.59 Å². The molecule has 5 heteroatoms. The largest absolute Gasteiger partial charge is 0.298 e. The highest BCUT2D eigenvalue weighted by molar-refractivity contribution is 9.10. The van der Waals surface area contributed by atoms with E-state index in [1.165, 1.54) is 0 Å². The Balaban J connectivity index is 2.32. The van der Waals surface area contributed by atoms with Crippen LogP contribution in [0, 0.1) is 0 Å². The van der Waals surface area contributed by atoms with Crippen LogP contribution >= 0.6 is 39.5 Å². The number of hydrogen-bond acceptors (Lipinski definition) is 4. The summed E-state index contributed by atoms with van der Waals surface area (Å²) in [6, 6.07) is 7.05. The van der Waals surface area contributed by atoms with Crippen LogP contribution in [0.4, 0.5) is 0 Å². The van der Waals surface area contributed by atoms with Gasteiger partial charge in [-0.1, -0.05) is 15.9 Å². The summed E-state index contributed by atoms with van der Waals surface area (Å²) in [5.74, 6) is 1.74. The van der Waals surface area contributed by atoms with Crippen LogP contribution in [0.5, 0.6) is 0 Å². The van der Waals surface area contributed by atoms with Crippen molar-refractivity contribution in [1.82, 2.24) is 0 Å². The summed E-state index contributed by atoms with van der Waals surface area (Å²) >= 11 is 6.48. The number of carbonyl (C=O) groups is 2. The second-order valence-electron chi connectivity index (χ2n) is 3.35. The van der Waals surface area contributed by atoms with Gasteiger partial charge in [0.25, 0.3) is 0 Å². The number of carbonyl (C=O) groups excluding carboxylic acids is 2. The van der Waals surface area contributed by atoms with Crippen LogP contribution in [0.3, 0.4) is 0 Å². The van der Waals surface area contributed by atoms with Crippen molar-refractivity contribution < 1.29 is 9.59 Å². The van der Waals surface area contributed by atoms with Crippen LogP contribution in [0.1, 0.15) is 10.4 Å². The van der Waals surface area contributed by atoms with Gasteiger partial charge in [-0.15, -0.1) is 23.5 Å². The predicted molar refractivity (Wildman–Crippen MR) is 76.5 cm³/mol. The van der Waals surface area contributed by atoms with Crippen LogP contribution < -0.4 is 0 Å². The van der Waals surface area contributed by atoms with E-state index in [-0.39, 0.29) is 5.78 Å². The van der Waals surface area contributed by atoms with Crippen LogP contribution in [0.2, 0.25) is 0 Å². The van der Waals surface area contributed by atoms with Crippen molar-refractivity contribution in [2.75, 3.05) is 11.5 Å². The molecule has 1 aliphatic heterocycles. The van der Waals surface area contributed by atoms with Gasteiger partial charge >= 0.3 is 0 Å². The van der Waals surface area contributed by atoms with Gasteiger partial charge in [-0.2, -0.15) is 0 Å². The molecule has 0 amide bonds. The maximum Gasteiger partial charge on any atom is 0.197 e. The van der Waals surface area contributed by atoms with Crippen molar-refractivity contribution in [2.24, 2.45) is 0 Å². The van der Waals surface area contributed by atoms with E-state index in [0.29, 0.717) is 17.4 Å². The number of aldehydes is 1. The number of hydrogen-bond donors (Lipinski definition) is 0. The predicted octanol–water partition coefficient (Wildman–Crippen LogP) is 3.52. The maximum atomic E-state index is 12.1. The maximum absolute atomic E-state index is 12.1. The topological polar surface area (TPSA) is 34.1 Å². The molecule has 88 valence electrons. The Kier molecular flexibility index (Phi) is 4.48. The fourth-order valence-corrected chi connectivity index (χ4v) is 4.14. The lowest BCUT2D eigenvalue weighted by Crippen LogP contribution is -2.05. The average Bonchev–Trinajstić information content (AvgIpc) is 2.84. The standard InChI is InChI=1S/C12H9BrO2S2/c13-9-3-1-8(2-4-9)11(15)10(7-14)12-16-5-6-17-12/h1-4,7H,5-6H2. The van der Waals surface area contributed by atoms with Crippen LogP contribution in [0.25, 0.3) is 0 Å². The zero-order valence-electron chi connectivity index (χ0n) is 8.81. The molecule has 2 rings (SSSR count). The van der Waals surface area contributed by atoms with Gasteiger partial charge in [0.2, 0.25) is 0 Å². The van der Waals surface area contributed by atoms with Gasteiger partial charge < -0.3 is 0 Å². The van der Waals surface area contributed by atoms with Crippen LogP contribution in [-0.2, 0) is 4.79 Å². The third-order valence-electron chi connectivity index (χ3n) is 2.24. The van der Waals surface area contributed by atoms with Crippen molar-refractivity contribution in [2.45, 2.75) is 0 Å². The molecule has 0 aromatic heterocycles. The molecule has 1 aliphatic rings. The first-order chi connectivity index (χ1) is 8.22. The number of benzene rings is 1. The Bertz CT molecular complexity index is 472. The zero-order valence-corrected chi connectivity index (χ0v) is 12.0. The van der Waals surface area contributed by atoms with E-state index in [4.69, 9.17) is 0 Å². The summed E-state index contributed by atoms with van der Waals surface area (Å²) in [5.41, 5.74) is 0.843. The highest BCUT2D eigenvalue weighted by atomic mass is 79.9. The molecule has 1 aromatic carbocycles. The third kappa shape index (κ3) is 3.03. The molecule has 1 fully saturated rings. The van der Waals surface area contributed by atoms with Crippen LogP contribution in [-0.4, -0.2) is 23.6 Å². The lowest BCUT2D eigenvalue weighted by atomic mass is 10.1. The molecule has 17 heavy (non-hydrogen) atoms. The average molecular weight is 329 g/mol. The van der Waals surface area contributed by atoms with Crippen molar-refractivity contribution in [1.29, 1.82) is 0 Å². The lowest BCUT2D eigenvalue weighted by molar-refractivity contribution is -0.104. The molecule has 1 aromatic rings. The molecule has 0 unspecified atom stereocenters. The fourth-order valence-electron chi connectivity index (χ4n) is 1.42. The summed E-state index contributed by atoms with van der Waals surface area (Å²) in [4.78, 5) is 23.2.